The standard InChI is InChI=1S/C35H51N3O5/c1-8-18-36(19-9-2)31(40)27-28-32(41)38(21-13-11-12-14-22-39)30(35(28)23-26(6)34(27,7)43-35)33(42)37(20-10-3)29-24(4)16-15-17-25(29)5/h8,10,15-17,26-28,30,39H,1,3,9,11-14,18-23H2,2,4-7H3/t26?,27-,28-,30?,34+,35?/m0/s1. The highest BCUT2D eigenvalue weighted by atomic mass is 16.5. The number of hydrogen-bond donors (Lipinski definition) is 1. The van der Waals surface area contributed by atoms with E-state index in [1.54, 1.807) is 26.9 Å². The Labute approximate surface area is 257 Å². The fourth-order valence-electron chi connectivity index (χ4n) is 8.10. The number of para-hydroxylation sites is 1. The molecule has 4 rings (SSSR count). The molecule has 3 aliphatic rings. The van der Waals surface area contributed by atoms with Crippen molar-refractivity contribution in [3.63, 3.8) is 0 Å². The number of carbonyl (C=O) groups is 3. The number of rotatable bonds is 15. The van der Waals surface area contributed by atoms with Crippen LogP contribution in [0.25, 0.3) is 0 Å². The maximum atomic E-state index is 14.9. The van der Waals surface area contributed by atoms with E-state index < -0.39 is 29.1 Å². The van der Waals surface area contributed by atoms with Gasteiger partial charge in [-0.2, -0.15) is 0 Å². The SMILES string of the molecule is C=CCN(CCC)C(=O)[C@@H]1[C@H]2C(=O)N(CCCCCCO)C(C(=O)N(CC=C)c3c(C)cccc3C)C23CC(C)[C@@]1(C)O3. The Hall–Kier alpha value is -2.97. The number of benzene rings is 1. The number of aryl methyl sites for hydroxylation is 2. The second kappa shape index (κ2) is 13.3. The third-order valence-corrected chi connectivity index (χ3v) is 10.1. The minimum absolute atomic E-state index is 0.0226. The van der Waals surface area contributed by atoms with E-state index in [1.807, 2.05) is 45.9 Å². The highest BCUT2D eigenvalue weighted by molar-refractivity contribution is 6.05. The molecule has 1 aromatic rings. The van der Waals surface area contributed by atoms with Crippen LogP contribution >= 0.6 is 0 Å². The fraction of sp³-hybridized carbons (Fsp3) is 0.629. The van der Waals surface area contributed by atoms with Gasteiger partial charge in [-0.15, -0.1) is 13.2 Å². The number of ether oxygens (including phenoxy) is 1. The van der Waals surface area contributed by atoms with Crippen LogP contribution in [0.2, 0.25) is 0 Å². The summed E-state index contributed by atoms with van der Waals surface area (Å²) in [6.45, 7) is 19.7. The largest absolute Gasteiger partial charge is 0.396 e. The first kappa shape index (κ1) is 32.9. The van der Waals surface area contributed by atoms with Gasteiger partial charge in [0.15, 0.2) is 0 Å². The van der Waals surface area contributed by atoms with Gasteiger partial charge in [0.1, 0.15) is 11.6 Å². The monoisotopic (exact) mass is 593 g/mol. The molecule has 1 aromatic carbocycles. The third-order valence-electron chi connectivity index (χ3n) is 10.1. The maximum absolute atomic E-state index is 14.9. The second-order valence-corrected chi connectivity index (χ2v) is 12.9. The van der Waals surface area contributed by atoms with E-state index in [0.29, 0.717) is 45.4 Å². The van der Waals surface area contributed by atoms with E-state index in [2.05, 4.69) is 20.1 Å². The third kappa shape index (κ3) is 5.57. The lowest BCUT2D eigenvalue weighted by Crippen LogP contribution is -2.57. The van der Waals surface area contributed by atoms with Crippen LogP contribution in [0.5, 0.6) is 0 Å². The van der Waals surface area contributed by atoms with Gasteiger partial charge in [0.2, 0.25) is 11.8 Å². The first-order valence-corrected chi connectivity index (χ1v) is 16.0. The Bertz CT molecular complexity index is 1210. The summed E-state index contributed by atoms with van der Waals surface area (Å²) < 4.78 is 6.99. The highest BCUT2D eigenvalue weighted by Gasteiger charge is 2.80. The number of hydrogen-bond acceptors (Lipinski definition) is 5. The van der Waals surface area contributed by atoms with Crippen LogP contribution in [0.4, 0.5) is 5.69 Å². The smallest absolute Gasteiger partial charge is 0.253 e. The van der Waals surface area contributed by atoms with Gasteiger partial charge in [-0.05, 0) is 63.5 Å². The average Bonchev–Trinajstić information content (AvgIpc) is 3.48. The van der Waals surface area contributed by atoms with E-state index in [9.17, 15) is 19.5 Å². The van der Waals surface area contributed by atoms with Crippen molar-refractivity contribution in [3.05, 3.63) is 54.6 Å². The maximum Gasteiger partial charge on any atom is 0.253 e. The lowest BCUT2D eigenvalue weighted by molar-refractivity contribution is -0.151. The summed E-state index contributed by atoms with van der Waals surface area (Å²) >= 11 is 0. The molecule has 1 spiro atoms. The summed E-state index contributed by atoms with van der Waals surface area (Å²) in [7, 11) is 0. The lowest BCUT2D eigenvalue weighted by atomic mass is 9.62. The molecule has 43 heavy (non-hydrogen) atoms. The number of aliphatic hydroxyl groups excluding tert-OH is 1. The van der Waals surface area contributed by atoms with Crippen LogP contribution in [0, 0.1) is 31.6 Å². The molecule has 3 amide bonds. The molecular weight excluding hydrogens is 542 g/mol. The number of carbonyl (C=O) groups excluding carboxylic acids is 3. The zero-order valence-electron chi connectivity index (χ0n) is 26.8. The Kier molecular flexibility index (Phi) is 10.2. The summed E-state index contributed by atoms with van der Waals surface area (Å²) in [5.74, 6) is -1.89. The number of fused-ring (bicyclic) bond motifs is 1. The van der Waals surface area contributed by atoms with Crippen molar-refractivity contribution in [2.45, 2.75) is 90.4 Å². The normalized spacial score (nSPS) is 29.1. The Morgan fingerprint density at radius 1 is 1.09 bits per heavy atom. The van der Waals surface area contributed by atoms with Crippen LogP contribution in [0.1, 0.15) is 70.4 Å². The Morgan fingerprint density at radius 3 is 2.35 bits per heavy atom. The number of nitrogens with zero attached hydrogens (tertiary/aromatic N) is 3. The number of amides is 3. The molecule has 6 atom stereocenters. The molecule has 3 unspecified atom stereocenters. The van der Waals surface area contributed by atoms with Crippen molar-refractivity contribution in [2.24, 2.45) is 17.8 Å². The first-order chi connectivity index (χ1) is 20.5. The molecule has 0 saturated carbocycles. The fourth-order valence-corrected chi connectivity index (χ4v) is 8.10. The predicted octanol–water partition coefficient (Wildman–Crippen LogP) is 4.81. The highest BCUT2D eigenvalue weighted by Crippen LogP contribution is 2.65. The van der Waals surface area contributed by atoms with E-state index in [1.165, 1.54) is 0 Å². The average molecular weight is 594 g/mol. The van der Waals surface area contributed by atoms with Crippen LogP contribution in [0.3, 0.4) is 0 Å². The lowest BCUT2D eigenvalue weighted by Gasteiger charge is -2.39. The van der Waals surface area contributed by atoms with Crippen molar-refractivity contribution in [2.75, 3.05) is 37.7 Å². The molecule has 0 aromatic heterocycles. The van der Waals surface area contributed by atoms with Gasteiger partial charge >= 0.3 is 0 Å². The summed E-state index contributed by atoms with van der Waals surface area (Å²) in [5, 5.41) is 9.25. The van der Waals surface area contributed by atoms with Crippen molar-refractivity contribution >= 4 is 23.4 Å². The Balaban J connectivity index is 1.82. The summed E-state index contributed by atoms with van der Waals surface area (Å²) in [6.07, 6.45) is 7.84. The molecular formula is C35H51N3O5. The summed E-state index contributed by atoms with van der Waals surface area (Å²) in [6, 6.07) is 5.09. The number of unbranched alkanes of at least 4 members (excludes halogenated alkanes) is 3. The molecule has 0 aliphatic carbocycles. The predicted molar refractivity (Wildman–Crippen MR) is 170 cm³/mol. The molecule has 3 aliphatic heterocycles. The molecule has 3 fully saturated rings. The van der Waals surface area contributed by atoms with Gasteiger partial charge in [-0.1, -0.05) is 57.0 Å². The van der Waals surface area contributed by atoms with Crippen molar-refractivity contribution in [1.82, 2.24) is 9.80 Å². The van der Waals surface area contributed by atoms with Crippen LogP contribution in [0.15, 0.2) is 43.5 Å². The van der Waals surface area contributed by atoms with Gasteiger partial charge < -0.3 is 24.5 Å². The topological polar surface area (TPSA) is 90.4 Å². The minimum atomic E-state index is -1.10. The zero-order chi connectivity index (χ0) is 31.5. The van der Waals surface area contributed by atoms with Gasteiger partial charge in [0, 0.05) is 38.5 Å². The molecule has 2 bridgehead atoms. The van der Waals surface area contributed by atoms with Crippen LogP contribution in [-0.4, -0.2) is 82.7 Å². The molecule has 1 N–H and O–H groups in total. The quantitative estimate of drug-likeness (QED) is 0.233. The van der Waals surface area contributed by atoms with Crippen LogP contribution in [-0.2, 0) is 19.1 Å². The summed E-state index contributed by atoms with van der Waals surface area (Å²) in [4.78, 5) is 49.1. The van der Waals surface area contributed by atoms with Crippen molar-refractivity contribution < 1.29 is 24.2 Å². The van der Waals surface area contributed by atoms with Crippen LogP contribution < -0.4 is 4.90 Å². The van der Waals surface area contributed by atoms with Gasteiger partial charge in [0.25, 0.3) is 5.91 Å². The number of anilines is 1. The van der Waals surface area contributed by atoms with Crippen molar-refractivity contribution in [3.8, 4) is 0 Å². The number of aliphatic hydroxyl groups is 1. The molecule has 8 nitrogen and oxygen atoms in total. The van der Waals surface area contributed by atoms with Gasteiger partial charge in [-0.3, -0.25) is 14.4 Å². The van der Waals surface area contributed by atoms with E-state index >= 15 is 0 Å². The summed E-state index contributed by atoms with van der Waals surface area (Å²) in [5.41, 5.74) is 0.790. The molecule has 3 heterocycles. The minimum Gasteiger partial charge on any atom is -0.396 e. The second-order valence-electron chi connectivity index (χ2n) is 12.9. The van der Waals surface area contributed by atoms with Gasteiger partial charge in [0.05, 0.1) is 17.4 Å². The zero-order valence-corrected chi connectivity index (χ0v) is 26.8. The molecule has 0 radical (unpaired) electrons. The first-order valence-electron chi connectivity index (χ1n) is 16.0. The molecule has 3 saturated heterocycles. The molecule has 8 heteroatoms. The number of likely N-dealkylation sites (tertiary alicyclic amines) is 1. The molecule has 236 valence electrons. The van der Waals surface area contributed by atoms with Crippen molar-refractivity contribution in [1.29, 1.82) is 0 Å². The Morgan fingerprint density at radius 2 is 1.74 bits per heavy atom. The van der Waals surface area contributed by atoms with E-state index in [4.69, 9.17) is 4.74 Å². The van der Waals surface area contributed by atoms with Gasteiger partial charge in [-0.25, -0.2) is 0 Å². The van der Waals surface area contributed by atoms with E-state index in [0.717, 1.165) is 36.1 Å². The van der Waals surface area contributed by atoms with E-state index in [-0.39, 0.29) is 30.2 Å².